The second kappa shape index (κ2) is 6.39. The summed E-state index contributed by atoms with van der Waals surface area (Å²) >= 11 is 0. The molecule has 0 aliphatic carbocycles. The quantitative estimate of drug-likeness (QED) is 0.666. The molecular formula is C13H12F4N2O. The number of carbonyl (C=O) groups excluding carboxylic acids is 1. The molecule has 0 saturated carbocycles. The maximum atomic E-state index is 13.1. The second-order valence-corrected chi connectivity index (χ2v) is 3.97. The van der Waals surface area contributed by atoms with Gasteiger partial charge in [-0.2, -0.15) is 13.2 Å². The number of amides is 1. The number of hydrogen-bond acceptors (Lipinski definition) is 2. The Hall–Kier alpha value is -2.07. The molecule has 1 amide bonds. The number of halogens is 4. The largest absolute Gasteiger partial charge is 0.406 e. The molecule has 0 aliphatic rings. The van der Waals surface area contributed by atoms with Gasteiger partial charge in [0.15, 0.2) is 0 Å². The molecule has 0 atom stereocenters. The van der Waals surface area contributed by atoms with E-state index >= 15 is 0 Å². The zero-order valence-electron chi connectivity index (χ0n) is 10.6. The zero-order chi connectivity index (χ0) is 15.3. The minimum absolute atomic E-state index is 0.00877. The van der Waals surface area contributed by atoms with Crippen molar-refractivity contribution in [3.05, 3.63) is 35.1 Å². The average Bonchev–Trinajstić information content (AvgIpc) is 2.33. The third-order valence-corrected chi connectivity index (χ3v) is 2.30. The van der Waals surface area contributed by atoms with Crippen LogP contribution in [0.2, 0.25) is 0 Å². The molecule has 0 heterocycles. The molecule has 0 unspecified atom stereocenters. The summed E-state index contributed by atoms with van der Waals surface area (Å²) in [5.41, 5.74) is 5.08. The summed E-state index contributed by atoms with van der Waals surface area (Å²) in [6, 6.07) is 3.07. The Morgan fingerprint density at radius 1 is 1.40 bits per heavy atom. The van der Waals surface area contributed by atoms with Crippen LogP contribution in [-0.2, 0) is 0 Å². The van der Waals surface area contributed by atoms with Gasteiger partial charge in [0.05, 0.1) is 12.1 Å². The molecule has 0 aliphatic heterocycles. The molecule has 0 fully saturated rings. The van der Waals surface area contributed by atoms with Gasteiger partial charge in [-0.15, -0.1) is 0 Å². The Morgan fingerprint density at radius 3 is 2.60 bits per heavy atom. The van der Waals surface area contributed by atoms with Crippen LogP contribution in [0.5, 0.6) is 0 Å². The predicted octanol–water partition coefficient (Wildman–Crippen LogP) is 1.77. The minimum atomic E-state index is -4.51. The molecule has 1 aromatic carbocycles. The van der Waals surface area contributed by atoms with Gasteiger partial charge >= 0.3 is 6.18 Å². The van der Waals surface area contributed by atoms with Crippen molar-refractivity contribution >= 4 is 5.91 Å². The van der Waals surface area contributed by atoms with Crippen LogP contribution >= 0.6 is 0 Å². The van der Waals surface area contributed by atoms with E-state index in [-0.39, 0.29) is 17.7 Å². The van der Waals surface area contributed by atoms with E-state index in [0.29, 0.717) is 4.90 Å². The molecule has 0 aromatic heterocycles. The van der Waals surface area contributed by atoms with Gasteiger partial charge in [-0.1, -0.05) is 11.8 Å². The first-order chi connectivity index (χ1) is 9.24. The SMILES string of the molecule is CN(CC(F)(F)F)C(=O)c1ccc(F)cc1C#CCN. The fourth-order valence-electron chi connectivity index (χ4n) is 1.50. The third-order valence-electron chi connectivity index (χ3n) is 2.30. The molecule has 0 bridgehead atoms. The lowest BCUT2D eigenvalue weighted by molar-refractivity contribution is -0.138. The van der Waals surface area contributed by atoms with Gasteiger partial charge in [0.1, 0.15) is 12.4 Å². The zero-order valence-corrected chi connectivity index (χ0v) is 10.6. The Bertz CT molecular complexity index is 558. The first-order valence-corrected chi connectivity index (χ1v) is 5.55. The topological polar surface area (TPSA) is 46.3 Å². The van der Waals surface area contributed by atoms with E-state index in [1.165, 1.54) is 0 Å². The maximum Gasteiger partial charge on any atom is 0.406 e. The van der Waals surface area contributed by atoms with E-state index in [1.54, 1.807) is 0 Å². The highest BCUT2D eigenvalue weighted by molar-refractivity contribution is 5.96. The molecule has 0 saturated heterocycles. The van der Waals surface area contributed by atoms with Crippen molar-refractivity contribution in [1.29, 1.82) is 0 Å². The van der Waals surface area contributed by atoms with Gasteiger partial charge in [0, 0.05) is 12.6 Å². The van der Waals surface area contributed by atoms with Crippen LogP contribution in [-0.4, -0.2) is 37.1 Å². The van der Waals surface area contributed by atoms with E-state index in [4.69, 9.17) is 5.73 Å². The number of rotatable bonds is 2. The molecule has 0 radical (unpaired) electrons. The highest BCUT2D eigenvalue weighted by Crippen LogP contribution is 2.18. The van der Waals surface area contributed by atoms with Gasteiger partial charge in [-0.25, -0.2) is 4.39 Å². The average molecular weight is 288 g/mol. The van der Waals surface area contributed by atoms with Gasteiger partial charge in [0.2, 0.25) is 0 Å². The van der Waals surface area contributed by atoms with Crippen LogP contribution in [0, 0.1) is 17.7 Å². The number of carbonyl (C=O) groups is 1. The Labute approximate surface area is 113 Å². The first-order valence-electron chi connectivity index (χ1n) is 5.55. The van der Waals surface area contributed by atoms with E-state index in [9.17, 15) is 22.4 Å². The normalized spacial score (nSPS) is 10.7. The van der Waals surface area contributed by atoms with Crippen LogP contribution in [0.15, 0.2) is 18.2 Å². The summed E-state index contributed by atoms with van der Waals surface area (Å²) in [6.07, 6.45) is -4.51. The van der Waals surface area contributed by atoms with E-state index in [1.807, 2.05) is 0 Å². The lowest BCUT2D eigenvalue weighted by Crippen LogP contribution is -2.36. The van der Waals surface area contributed by atoms with Gasteiger partial charge in [-0.3, -0.25) is 4.79 Å². The first kappa shape index (κ1) is 16.0. The molecule has 3 nitrogen and oxygen atoms in total. The third kappa shape index (κ3) is 4.55. The summed E-state index contributed by atoms with van der Waals surface area (Å²) < 4.78 is 49.9. The monoisotopic (exact) mass is 288 g/mol. The number of alkyl halides is 3. The van der Waals surface area contributed by atoms with Crippen molar-refractivity contribution in [3.63, 3.8) is 0 Å². The molecule has 1 rings (SSSR count). The highest BCUT2D eigenvalue weighted by Gasteiger charge is 2.32. The lowest BCUT2D eigenvalue weighted by Gasteiger charge is -2.19. The van der Waals surface area contributed by atoms with Crippen LogP contribution in [0.3, 0.4) is 0 Å². The van der Waals surface area contributed by atoms with Gasteiger partial charge in [0.25, 0.3) is 5.91 Å². The summed E-state index contributed by atoms with van der Waals surface area (Å²) in [4.78, 5) is 12.4. The molecule has 108 valence electrons. The van der Waals surface area contributed by atoms with Gasteiger partial charge in [-0.05, 0) is 18.2 Å². The Balaban J connectivity index is 3.09. The number of nitrogens with two attached hydrogens (primary N) is 1. The predicted molar refractivity (Wildman–Crippen MR) is 65.3 cm³/mol. The van der Waals surface area contributed by atoms with Crippen molar-refractivity contribution in [2.45, 2.75) is 6.18 Å². The molecule has 0 spiro atoms. The smallest absolute Gasteiger partial charge is 0.333 e. The Morgan fingerprint density at radius 2 is 2.05 bits per heavy atom. The van der Waals surface area contributed by atoms with Crippen LogP contribution in [0.25, 0.3) is 0 Å². The van der Waals surface area contributed by atoms with Crippen LogP contribution < -0.4 is 5.73 Å². The van der Waals surface area contributed by atoms with Crippen molar-refractivity contribution < 1.29 is 22.4 Å². The van der Waals surface area contributed by atoms with Crippen molar-refractivity contribution in [1.82, 2.24) is 4.90 Å². The van der Waals surface area contributed by atoms with E-state index in [0.717, 1.165) is 25.2 Å². The standard InChI is InChI=1S/C13H12F4N2O/c1-19(8-13(15,16)17)12(20)11-5-4-10(14)7-9(11)3-2-6-18/h4-5,7H,6,8,18H2,1H3. The second-order valence-electron chi connectivity index (χ2n) is 3.97. The summed E-state index contributed by atoms with van der Waals surface area (Å²) in [5.74, 6) is 3.38. The number of hydrogen-bond donors (Lipinski definition) is 1. The lowest BCUT2D eigenvalue weighted by atomic mass is 10.1. The summed E-state index contributed by atoms with van der Waals surface area (Å²) in [6.45, 7) is -1.41. The van der Waals surface area contributed by atoms with Crippen molar-refractivity contribution in [2.24, 2.45) is 5.73 Å². The molecule has 20 heavy (non-hydrogen) atoms. The molecule has 1 aromatic rings. The van der Waals surface area contributed by atoms with Crippen molar-refractivity contribution in [3.8, 4) is 11.8 Å². The number of nitrogens with zero attached hydrogens (tertiary/aromatic N) is 1. The summed E-state index contributed by atoms with van der Waals surface area (Å²) in [7, 11) is 1.01. The van der Waals surface area contributed by atoms with E-state index < -0.39 is 24.4 Å². The molecule has 7 heteroatoms. The van der Waals surface area contributed by atoms with Crippen LogP contribution in [0.1, 0.15) is 15.9 Å². The molecule has 2 N–H and O–H groups in total. The highest BCUT2D eigenvalue weighted by atomic mass is 19.4. The number of benzene rings is 1. The fourth-order valence-corrected chi connectivity index (χ4v) is 1.50. The minimum Gasteiger partial charge on any atom is -0.333 e. The maximum absolute atomic E-state index is 13.1. The molecular weight excluding hydrogens is 276 g/mol. The van der Waals surface area contributed by atoms with E-state index in [2.05, 4.69) is 11.8 Å². The van der Waals surface area contributed by atoms with Crippen molar-refractivity contribution in [2.75, 3.05) is 20.1 Å². The fraction of sp³-hybridized carbons (Fsp3) is 0.308. The Kier molecular flexibility index (Phi) is 5.11. The summed E-state index contributed by atoms with van der Waals surface area (Å²) in [5, 5.41) is 0. The van der Waals surface area contributed by atoms with Crippen LogP contribution in [0.4, 0.5) is 17.6 Å². The van der Waals surface area contributed by atoms with Gasteiger partial charge < -0.3 is 10.6 Å².